The summed E-state index contributed by atoms with van der Waals surface area (Å²) in [5, 5.41) is 10.6. The highest BCUT2D eigenvalue weighted by atomic mass is 32.2. The van der Waals surface area contributed by atoms with Crippen LogP contribution in [0.5, 0.6) is 0 Å². The van der Waals surface area contributed by atoms with Crippen LogP contribution in [-0.4, -0.2) is 49.3 Å². The van der Waals surface area contributed by atoms with Gasteiger partial charge in [-0.2, -0.15) is 4.31 Å². The Bertz CT molecular complexity index is 945. The van der Waals surface area contributed by atoms with E-state index in [0.717, 1.165) is 15.4 Å². The van der Waals surface area contributed by atoms with Crippen LogP contribution in [0, 0.1) is 6.92 Å². The Kier molecular flexibility index (Phi) is 6.38. The van der Waals surface area contributed by atoms with Gasteiger partial charge in [0, 0.05) is 0 Å². The Morgan fingerprint density at radius 2 is 1.79 bits per heavy atom. The fourth-order valence-corrected chi connectivity index (χ4v) is 5.23. The second-order valence-electron chi connectivity index (χ2n) is 7.09. The van der Waals surface area contributed by atoms with Crippen molar-refractivity contribution in [2.45, 2.75) is 49.6 Å². The van der Waals surface area contributed by atoms with Crippen molar-refractivity contribution in [3.8, 4) is 0 Å². The fourth-order valence-electron chi connectivity index (χ4n) is 3.49. The lowest BCUT2D eigenvalue weighted by molar-refractivity contribution is -0.147. The van der Waals surface area contributed by atoms with Crippen molar-refractivity contribution < 1.29 is 27.8 Å². The normalized spacial score (nSPS) is 23.7. The minimum Gasteiger partial charge on any atom is -0.469 e. The third-order valence-electron chi connectivity index (χ3n) is 5.03. The lowest BCUT2D eigenvalue weighted by Gasteiger charge is -2.28. The monoisotopic (exact) mass is 419 g/mol. The van der Waals surface area contributed by atoms with E-state index in [4.69, 9.17) is 4.74 Å². The SMILES string of the molecule is COC(=O)C[C@H](O)C1O[C@H](c2ccccc2)[C@H](C)N1S(=O)(=O)c1ccc(C)cc1. The first-order valence-corrected chi connectivity index (χ1v) is 10.7. The van der Waals surface area contributed by atoms with Gasteiger partial charge in [0.05, 0.1) is 24.5 Å². The van der Waals surface area contributed by atoms with Crippen LogP contribution in [0.1, 0.15) is 30.6 Å². The molecule has 7 nitrogen and oxygen atoms in total. The molecule has 0 amide bonds. The van der Waals surface area contributed by atoms with Crippen molar-refractivity contribution in [3.63, 3.8) is 0 Å². The molecule has 0 aromatic heterocycles. The van der Waals surface area contributed by atoms with Crippen molar-refractivity contribution in [2.24, 2.45) is 0 Å². The van der Waals surface area contributed by atoms with E-state index in [-0.39, 0.29) is 11.3 Å². The number of aryl methyl sites for hydroxylation is 1. The summed E-state index contributed by atoms with van der Waals surface area (Å²) in [6.07, 6.45) is -3.57. The van der Waals surface area contributed by atoms with Crippen LogP contribution in [-0.2, 0) is 24.3 Å². The number of rotatable bonds is 6. The third kappa shape index (κ3) is 4.35. The molecule has 0 aliphatic carbocycles. The van der Waals surface area contributed by atoms with Gasteiger partial charge in [-0.25, -0.2) is 8.42 Å². The average Bonchev–Trinajstić information content (AvgIpc) is 3.07. The van der Waals surface area contributed by atoms with E-state index in [2.05, 4.69) is 4.74 Å². The minimum absolute atomic E-state index is 0.0996. The van der Waals surface area contributed by atoms with Gasteiger partial charge in [-0.15, -0.1) is 0 Å². The number of benzene rings is 2. The standard InChI is InChI=1S/C21H25NO6S/c1-14-9-11-17(12-10-14)29(25,26)22-15(2)20(16-7-5-4-6-8-16)28-21(22)18(23)13-19(24)27-3/h4-12,15,18,20-21,23H,13H2,1-3H3/t15-,18-,20-,21?/m0/s1. The van der Waals surface area contributed by atoms with E-state index in [0.29, 0.717) is 0 Å². The summed E-state index contributed by atoms with van der Waals surface area (Å²) < 4.78 is 38.6. The van der Waals surface area contributed by atoms with Crippen LogP contribution >= 0.6 is 0 Å². The summed E-state index contributed by atoms with van der Waals surface area (Å²) >= 11 is 0. The maximum absolute atomic E-state index is 13.4. The summed E-state index contributed by atoms with van der Waals surface area (Å²) in [6.45, 7) is 3.60. The molecule has 156 valence electrons. The maximum Gasteiger partial charge on any atom is 0.308 e. The molecule has 8 heteroatoms. The molecule has 1 fully saturated rings. The highest BCUT2D eigenvalue weighted by molar-refractivity contribution is 7.89. The van der Waals surface area contributed by atoms with Crippen LogP contribution in [0.4, 0.5) is 0 Å². The van der Waals surface area contributed by atoms with Crippen molar-refractivity contribution in [1.29, 1.82) is 0 Å². The molecule has 29 heavy (non-hydrogen) atoms. The number of carbonyl (C=O) groups is 1. The molecular weight excluding hydrogens is 394 g/mol. The quantitative estimate of drug-likeness (QED) is 0.723. The summed E-state index contributed by atoms with van der Waals surface area (Å²) in [5.41, 5.74) is 1.72. The molecule has 2 aromatic rings. The number of methoxy groups -OCH3 is 1. The van der Waals surface area contributed by atoms with Crippen molar-refractivity contribution >= 4 is 16.0 Å². The van der Waals surface area contributed by atoms with E-state index >= 15 is 0 Å². The van der Waals surface area contributed by atoms with Crippen LogP contribution in [0.2, 0.25) is 0 Å². The van der Waals surface area contributed by atoms with E-state index < -0.39 is 40.5 Å². The molecule has 1 aliphatic rings. The van der Waals surface area contributed by atoms with E-state index in [1.54, 1.807) is 19.1 Å². The first-order valence-electron chi connectivity index (χ1n) is 9.31. The number of carbonyl (C=O) groups excluding carboxylic acids is 1. The molecule has 0 radical (unpaired) electrons. The zero-order valence-electron chi connectivity index (χ0n) is 16.6. The Morgan fingerprint density at radius 3 is 2.38 bits per heavy atom. The van der Waals surface area contributed by atoms with Gasteiger partial charge in [0.2, 0.25) is 10.0 Å². The van der Waals surface area contributed by atoms with Crippen LogP contribution < -0.4 is 0 Å². The molecular formula is C21H25NO6S. The number of esters is 1. The fraction of sp³-hybridized carbons (Fsp3) is 0.381. The molecule has 0 saturated carbocycles. The van der Waals surface area contributed by atoms with Gasteiger partial charge in [0.1, 0.15) is 12.2 Å². The van der Waals surface area contributed by atoms with Crippen LogP contribution in [0.3, 0.4) is 0 Å². The van der Waals surface area contributed by atoms with Gasteiger partial charge in [0.15, 0.2) is 6.23 Å². The van der Waals surface area contributed by atoms with E-state index in [1.165, 1.54) is 19.2 Å². The molecule has 3 rings (SSSR count). The summed E-state index contributed by atoms with van der Waals surface area (Å²) in [5.74, 6) is -0.649. The van der Waals surface area contributed by atoms with Gasteiger partial charge >= 0.3 is 5.97 Å². The molecule has 4 atom stereocenters. The van der Waals surface area contributed by atoms with Crippen LogP contribution in [0.25, 0.3) is 0 Å². The average molecular weight is 419 g/mol. The first kappa shape index (κ1) is 21.4. The Labute approximate surface area is 170 Å². The largest absolute Gasteiger partial charge is 0.469 e. The van der Waals surface area contributed by atoms with Gasteiger partial charge in [-0.3, -0.25) is 4.79 Å². The van der Waals surface area contributed by atoms with Crippen LogP contribution in [0.15, 0.2) is 59.5 Å². The lowest BCUT2D eigenvalue weighted by Crippen LogP contribution is -2.47. The second kappa shape index (κ2) is 8.62. The highest BCUT2D eigenvalue weighted by Crippen LogP contribution is 2.40. The predicted octanol–water partition coefficient (Wildman–Crippen LogP) is 2.40. The second-order valence-corrected chi connectivity index (χ2v) is 8.94. The molecule has 2 aromatic carbocycles. The maximum atomic E-state index is 13.4. The predicted molar refractivity (Wildman–Crippen MR) is 106 cm³/mol. The van der Waals surface area contributed by atoms with Crippen molar-refractivity contribution in [2.75, 3.05) is 7.11 Å². The molecule has 1 saturated heterocycles. The number of sulfonamides is 1. The number of aliphatic hydroxyl groups is 1. The third-order valence-corrected chi connectivity index (χ3v) is 7.00. The highest BCUT2D eigenvalue weighted by Gasteiger charge is 2.50. The molecule has 1 heterocycles. The topological polar surface area (TPSA) is 93.1 Å². The number of nitrogens with zero attached hydrogens (tertiary/aromatic N) is 1. The number of hydrogen-bond donors (Lipinski definition) is 1. The van der Waals surface area contributed by atoms with Gasteiger partial charge in [-0.1, -0.05) is 48.0 Å². The molecule has 0 bridgehead atoms. The summed E-state index contributed by atoms with van der Waals surface area (Å²) in [7, 11) is -2.78. The van der Waals surface area contributed by atoms with E-state index in [9.17, 15) is 18.3 Å². The van der Waals surface area contributed by atoms with Gasteiger partial charge in [-0.05, 0) is 31.5 Å². The Balaban J connectivity index is 2.01. The Morgan fingerprint density at radius 1 is 1.17 bits per heavy atom. The number of aliphatic hydroxyl groups excluding tert-OH is 1. The zero-order chi connectivity index (χ0) is 21.2. The first-order chi connectivity index (χ1) is 13.8. The Hall–Kier alpha value is -2.26. The van der Waals surface area contributed by atoms with Crippen molar-refractivity contribution in [3.05, 3.63) is 65.7 Å². The number of ether oxygens (including phenoxy) is 2. The number of hydrogen-bond acceptors (Lipinski definition) is 6. The van der Waals surface area contributed by atoms with E-state index in [1.807, 2.05) is 37.3 Å². The smallest absolute Gasteiger partial charge is 0.308 e. The summed E-state index contributed by atoms with van der Waals surface area (Å²) in [6, 6.07) is 15.1. The van der Waals surface area contributed by atoms with Gasteiger partial charge < -0.3 is 14.6 Å². The lowest BCUT2D eigenvalue weighted by atomic mass is 10.0. The van der Waals surface area contributed by atoms with Crippen molar-refractivity contribution in [1.82, 2.24) is 4.31 Å². The zero-order valence-corrected chi connectivity index (χ0v) is 17.4. The van der Waals surface area contributed by atoms with Gasteiger partial charge in [0.25, 0.3) is 0 Å². The molecule has 0 spiro atoms. The summed E-state index contributed by atoms with van der Waals surface area (Å²) in [4.78, 5) is 11.8. The minimum atomic E-state index is -3.99. The molecule has 1 aliphatic heterocycles. The molecule has 1 unspecified atom stereocenters. The molecule has 1 N–H and O–H groups in total.